The summed E-state index contributed by atoms with van der Waals surface area (Å²) in [6.45, 7) is 5.25. The van der Waals surface area contributed by atoms with Gasteiger partial charge in [0.1, 0.15) is 0 Å². The minimum Gasteiger partial charge on any atom is -0.374 e. The molecule has 0 saturated heterocycles. The van der Waals surface area contributed by atoms with Crippen LogP contribution in [0.4, 0.5) is 0 Å². The first-order chi connectivity index (χ1) is 12.8. The van der Waals surface area contributed by atoms with E-state index in [0.29, 0.717) is 6.10 Å². The summed E-state index contributed by atoms with van der Waals surface area (Å²) in [7, 11) is 0. The van der Waals surface area contributed by atoms with Gasteiger partial charge in [-0.15, -0.1) is 0 Å². The Bertz CT molecular complexity index is 390. The van der Waals surface area contributed by atoms with Gasteiger partial charge in [0.25, 0.3) is 0 Å². The van der Waals surface area contributed by atoms with Gasteiger partial charge >= 0.3 is 0 Å². The molecule has 0 unspecified atom stereocenters. The minimum atomic E-state index is 0.539. The second kappa shape index (κ2) is 10.9. The molecule has 1 heteroatoms. The highest BCUT2D eigenvalue weighted by Gasteiger charge is 2.34. The molecule has 0 aromatic carbocycles. The fourth-order valence-corrected chi connectivity index (χ4v) is 6.46. The standard InChI is InChI=1S/C25H44O/c1-3-5-19-26-25-17-15-24(16-18-25)23-13-11-22(12-14-23)21-9-7-20(6-4-2)8-10-21/h3,5,20-25H,4,6-19H2,1-2H3/t20-,21-,22?,23?,24-,25-. The zero-order valence-corrected chi connectivity index (χ0v) is 17.6. The van der Waals surface area contributed by atoms with Crippen molar-refractivity contribution in [1.29, 1.82) is 0 Å². The van der Waals surface area contributed by atoms with E-state index in [1.165, 1.54) is 64.2 Å². The summed E-state index contributed by atoms with van der Waals surface area (Å²) >= 11 is 0. The normalized spacial score (nSPS) is 39.3. The van der Waals surface area contributed by atoms with Gasteiger partial charge in [0.05, 0.1) is 12.7 Å². The average Bonchev–Trinajstić information content (AvgIpc) is 2.70. The van der Waals surface area contributed by atoms with E-state index in [1.54, 1.807) is 25.7 Å². The summed E-state index contributed by atoms with van der Waals surface area (Å²) in [5.41, 5.74) is 0. The van der Waals surface area contributed by atoms with Crippen LogP contribution in [0.2, 0.25) is 0 Å². The van der Waals surface area contributed by atoms with Crippen LogP contribution in [0, 0.1) is 29.6 Å². The molecule has 0 aromatic heterocycles. The number of hydrogen-bond donors (Lipinski definition) is 0. The van der Waals surface area contributed by atoms with Crippen molar-refractivity contribution in [1.82, 2.24) is 0 Å². The Balaban J connectivity index is 1.33. The first-order valence-electron chi connectivity index (χ1n) is 12.0. The lowest BCUT2D eigenvalue weighted by Crippen LogP contribution is -2.31. The number of hydrogen-bond acceptors (Lipinski definition) is 1. The largest absolute Gasteiger partial charge is 0.374 e. The lowest BCUT2D eigenvalue weighted by molar-refractivity contribution is 0.0187. The van der Waals surface area contributed by atoms with Gasteiger partial charge < -0.3 is 4.74 Å². The van der Waals surface area contributed by atoms with E-state index in [1.807, 2.05) is 0 Å². The van der Waals surface area contributed by atoms with E-state index in [-0.39, 0.29) is 0 Å². The molecule has 3 aliphatic rings. The van der Waals surface area contributed by atoms with E-state index in [0.717, 1.165) is 36.2 Å². The Morgan fingerprint density at radius 1 is 0.692 bits per heavy atom. The molecule has 0 amide bonds. The molecule has 3 saturated carbocycles. The van der Waals surface area contributed by atoms with Gasteiger partial charge in [-0.1, -0.05) is 44.8 Å². The van der Waals surface area contributed by atoms with Crippen LogP contribution in [0.1, 0.15) is 104 Å². The van der Waals surface area contributed by atoms with Gasteiger partial charge in [0.2, 0.25) is 0 Å². The van der Waals surface area contributed by atoms with Gasteiger partial charge in [-0.05, 0) is 101 Å². The fraction of sp³-hybridized carbons (Fsp3) is 0.920. The highest BCUT2D eigenvalue weighted by molar-refractivity contribution is 4.86. The highest BCUT2D eigenvalue weighted by Crippen LogP contribution is 2.45. The third-order valence-electron chi connectivity index (χ3n) is 8.12. The molecule has 3 fully saturated rings. The van der Waals surface area contributed by atoms with Crippen LogP contribution in [-0.4, -0.2) is 12.7 Å². The monoisotopic (exact) mass is 360 g/mol. The van der Waals surface area contributed by atoms with Crippen LogP contribution in [0.25, 0.3) is 0 Å². The SMILES string of the molecule is CC=CCO[C@H]1CC[C@H](C2CCC([C@H]3CC[C@H](CCC)CC3)CC2)CC1. The third kappa shape index (κ3) is 5.85. The Kier molecular flexibility index (Phi) is 8.56. The maximum Gasteiger partial charge on any atom is 0.0651 e. The van der Waals surface area contributed by atoms with Crippen molar-refractivity contribution in [3.05, 3.63) is 12.2 Å². The van der Waals surface area contributed by atoms with Gasteiger partial charge in [0, 0.05) is 0 Å². The van der Waals surface area contributed by atoms with Gasteiger partial charge in [0.15, 0.2) is 0 Å². The topological polar surface area (TPSA) is 9.23 Å². The van der Waals surface area contributed by atoms with Crippen LogP contribution < -0.4 is 0 Å². The van der Waals surface area contributed by atoms with E-state index in [2.05, 4.69) is 26.0 Å². The number of ether oxygens (including phenoxy) is 1. The van der Waals surface area contributed by atoms with E-state index < -0.39 is 0 Å². The molecule has 1 nitrogen and oxygen atoms in total. The molecule has 0 spiro atoms. The predicted octanol–water partition coefficient (Wildman–Crippen LogP) is 7.55. The first-order valence-corrected chi connectivity index (χ1v) is 12.0. The molecule has 26 heavy (non-hydrogen) atoms. The molecule has 0 N–H and O–H groups in total. The van der Waals surface area contributed by atoms with Gasteiger partial charge in [-0.3, -0.25) is 0 Å². The fourth-order valence-electron chi connectivity index (χ4n) is 6.46. The maximum absolute atomic E-state index is 5.99. The summed E-state index contributed by atoms with van der Waals surface area (Å²) in [4.78, 5) is 0. The van der Waals surface area contributed by atoms with E-state index >= 15 is 0 Å². The van der Waals surface area contributed by atoms with Crippen LogP contribution >= 0.6 is 0 Å². The van der Waals surface area contributed by atoms with E-state index in [4.69, 9.17) is 4.74 Å². The van der Waals surface area contributed by atoms with Crippen molar-refractivity contribution >= 4 is 0 Å². The third-order valence-corrected chi connectivity index (χ3v) is 8.12. The molecule has 150 valence electrons. The first kappa shape index (κ1) is 20.4. The second-order valence-electron chi connectivity index (χ2n) is 9.68. The molecule has 0 bridgehead atoms. The average molecular weight is 361 g/mol. The molecular weight excluding hydrogens is 316 g/mol. The van der Waals surface area contributed by atoms with Crippen LogP contribution in [-0.2, 0) is 4.74 Å². The van der Waals surface area contributed by atoms with Crippen molar-refractivity contribution in [2.24, 2.45) is 29.6 Å². The second-order valence-corrected chi connectivity index (χ2v) is 9.68. The molecular formula is C25H44O. The Morgan fingerprint density at radius 3 is 1.62 bits per heavy atom. The summed E-state index contributed by atoms with van der Waals surface area (Å²) in [5.74, 6) is 5.28. The van der Waals surface area contributed by atoms with Gasteiger partial charge in [-0.2, -0.15) is 0 Å². The molecule has 0 radical (unpaired) electrons. The van der Waals surface area contributed by atoms with Crippen molar-refractivity contribution in [2.45, 2.75) is 110 Å². The van der Waals surface area contributed by atoms with Crippen LogP contribution in [0.5, 0.6) is 0 Å². The zero-order valence-electron chi connectivity index (χ0n) is 17.6. The van der Waals surface area contributed by atoms with Crippen molar-refractivity contribution < 1.29 is 4.74 Å². The summed E-state index contributed by atoms with van der Waals surface area (Å²) in [6.07, 6.45) is 25.5. The number of rotatable bonds is 7. The summed E-state index contributed by atoms with van der Waals surface area (Å²) < 4.78 is 5.99. The van der Waals surface area contributed by atoms with Crippen molar-refractivity contribution in [3.63, 3.8) is 0 Å². The predicted molar refractivity (Wildman–Crippen MR) is 112 cm³/mol. The molecule has 0 atom stereocenters. The zero-order chi connectivity index (χ0) is 18.2. The lowest BCUT2D eigenvalue weighted by atomic mass is 9.65. The lowest BCUT2D eigenvalue weighted by Gasteiger charge is -2.41. The Labute approximate surface area is 163 Å². The summed E-state index contributed by atoms with van der Waals surface area (Å²) in [5, 5.41) is 0. The van der Waals surface area contributed by atoms with Gasteiger partial charge in [-0.25, -0.2) is 0 Å². The van der Waals surface area contributed by atoms with Crippen LogP contribution in [0.15, 0.2) is 12.2 Å². The minimum absolute atomic E-state index is 0.539. The molecule has 0 aromatic rings. The van der Waals surface area contributed by atoms with Crippen molar-refractivity contribution in [3.8, 4) is 0 Å². The quantitative estimate of drug-likeness (QED) is 0.426. The molecule has 0 aliphatic heterocycles. The van der Waals surface area contributed by atoms with Crippen molar-refractivity contribution in [2.75, 3.05) is 6.61 Å². The number of allylic oxidation sites excluding steroid dienone is 1. The molecule has 3 rings (SSSR count). The maximum atomic E-state index is 5.99. The highest BCUT2D eigenvalue weighted by atomic mass is 16.5. The Hall–Kier alpha value is -0.300. The smallest absolute Gasteiger partial charge is 0.0651 e. The van der Waals surface area contributed by atoms with Crippen LogP contribution in [0.3, 0.4) is 0 Å². The summed E-state index contributed by atoms with van der Waals surface area (Å²) in [6, 6.07) is 0. The Morgan fingerprint density at radius 2 is 1.15 bits per heavy atom. The van der Waals surface area contributed by atoms with E-state index in [9.17, 15) is 0 Å². The molecule has 0 heterocycles. The molecule has 3 aliphatic carbocycles.